The van der Waals surface area contributed by atoms with Crippen molar-refractivity contribution in [3.8, 4) is 0 Å². The van der Waals surface area contributed by atoms with Gasteiger partial charge >= 0.3 is 0 Å². The fraction of sp³-hybridized carbons (Fsp3) is 0.385. The van der Waals surface area contributed by atoms with E-state index in [4.69, 9.17) is 5.73 Å². The lowest BCUT2D eigenvalue weighted by Gasteiger charge is -2.15. The lowest BCUT2D eigenvalue weighted by molar-refractivity contribution is 0.707. The predicted molar refractivity (Wildman–Crippen MR) is 62.2 cm³/mol. The molecule has 0 bridgehead atoms. The van der Waals surface area contributed by atoms with Crippen LogP contribution in [0.5, 0.6) is 0 Å². The normalized spacial score (nSPS) is 12.5. The summed E-state index contributed by atoms with van der Waals surface area (Å²) in [5, 5.41) is 0. The maximum Gasteiger partial charge on any atom is 0.0335 e. The van der Waals surface area contributed by atoms with Gasteiger partial charge in [0.2, 0.25) is 0 Å². The van der Waals surface area contributed by atoms with Crippen LogP contribution in [0.25, 0.3) is 0 Å². The van der Waals surface area contributed by atoms with Crippen molar-refractivity contribution in [1.82, 2.24) is 0 Å². The molecular formula is C13H19N. The van der Waals surface area contributed by atoms with E-state index < -0.39 is 0 Å². The van der Waals surface area contributed by atoms with E-state index in [1.54, 1.807) is 0 Å². The van der Waals surface area contributed by atoms with E-state index in [9.17, 15) is 0 Å². The van der Waals surface area contributed by atoms with E-state index in [2.05, 4.69) is 31.7 Å². The highest BCUT2D eigenvalue weighted by Gasteiger charge is 2.08. The van der Waals surface area contributed by atoms with E-state index in [1.165, 1.54) is 11.1 Å². The zero-order chi connectivity index (χ0) is 10.6. The number of hydrogen-bond acceptors (Lipinski definition) is 1. The quantitative estimate of drug-likeness (QED) is 0.723. The van der Waals surface area contributed by atoms with Crippen molar-refractivity contribution in [2.75, 3.05) is 0 Å². The van der Waals surface area contributed by atoms with Crippen molar-refractivity contribution in [2.45, 2.75) is 32.7 Å². The molecule has 0 fully saturated rings. The fourth-order valence-electron chi connectivity index (χ4n) is 1.70. The lowest BCUT2D eigenvalue weighted by Crippen LogP contribution is -2.12. The predicted octanol–water partition coefficient (Wildman–Crippen LogP) is 3.22. The van der Waals surface area contributed by atoms with E-state index in [-0.39, 0.29) is 6.04 Å². The first-order chi connectivity index (χ1) is 6.65. The molecular weight excluding hydrogens is 170 g/mol. The second-order valence-electron chi connectivity index (χ2n) is 3.82. The van der Waals surface area contributed by atoms with Crippen molar-refractivity contribution < 1.29 is 0 Å². The molecule has 0 aliphatic heterocycles. The molecule has 14 heavy (non-hydrogen) atoms. The number of nitrogens with two attached hydrogens (primary N) is 1. The molecule has 1 aromatic carbocycles. The topological polar surface area (TPSA) is 26.0 Å². The Morgan fingerprint density at radius 1 is 1.43 bits per heavy atom. The standard InChI is InChI=1S/C13H19N/c1-4-11-7-5-6-8-12(11)13(14)9-10(2)3/h5-8,13H,2,4,9,14H2,1,3H3. The molecule has 0 heterocycles. The summed E-state index contributed by atoms with van der Waals surface area (Å²) >= 11 is 0. The highest BCUT2D eigenvalue weighted by Crippen LogP contribution is 2.21. The van der Waals surface area contributed by atoms with E-state index in [0.717, 1.165) is 18.4 Å². The van der Waals surface area contributed by atoms with Crippen molar-refractivity contribution in [3.63, 3.8) is 0 Å². The molecule has 76 valence electrons. The van der Waals surface area contributed by atoms with Crippen molar-refractivity contribution in [3.05, 3.63) is 47.5 Å². The van der Waals surface area contributed by atoms with Crippen LogP contribution in [-0.2, 0) is 6.42 Å². The smallest absolute Gasteiger partial charge is 0.0335 e. The Labute approximate surface area is 86.6 Å². The van der Waals surface area contributed by atoms with E-state index in [1.807, 2.05) is 13.0 Å². The Bertz CT molecular complexity index is 315. The summed E-state index contributed by atoms with van der Waals surface area (Å²) in [6, 6.07) is 8.48. The van der Waals surface area contributed by atoms with Gasteiger partial charge in [0.1, 0.15) is 0 Å². The summed E-state index contributed by atoms with van der Waals surface area (Å²) in [5.41, 5.74) is 9.86. The van der Waals surface area contributed by atoms with Gasteiger partial charge in [0.25, 0.3) is 0 Å². The lowest BCUT2D eigenvalue weighted by atomic mass is 9.95. The molecule has 0 amide bonds. The highest BCUT2D eigenvalue weighted by molar-refractivity contribution is 5.30. The van der Waals surface area contributed by atoms with Crippen LogP contribution >= 0.6 is 0 Å². The monoisotopic (exact) mass is 189 g/mol. The van der Waals surface area contributed by atoms with Crippen LogP contribution in [0.3, 0.4) is 0 Å². The summed E-state index contributed by atoms with van der Waals surface area (Å²) in [6.45, 7) is 8.08. The average molecular weight is 189 g/mol. The van der Waals surface area contributed by atoms with Gasteiger partial charge in [-0.25, -0.2) is 0 Å². The molecule has 1 heteroatoms. The molecule has 1 rings (SSSR count). The van der Waals surface area contributed by atoms with Gasteiger partial charge < -0.3 is 5.73 Å². The van der Waals surface area contributed by atoms with Gasteiger partial charge in [-0.15, -0.1) is 6.58 Å². The van der Waals surface area contributed by atoms with Crippen LogP contribution < -0.4 is 5.73 Å². The van der Waals surface area contributed by atoms with Crippen LogP contribution in [0.1, 0.15) is 37.4 Å². The van der Waals surface area contributed by atoms with Gasteiger partial charge in [-0.2, -0.15) is 0 Å². The molecule has 2 N–H and O–H groups in total. The SMILES string of the molecule is C=C(C)CC(N)c1ccccc1CC. The highest BCUT2D eigenvalue weighted by atomic mass is 14.6. The molecule has 0 spiro atoms. The molecule has 0 saturated heterocycles. The Kier molecular flexibility index (Phi) is 3.90. The third-order valence-corrected chi connectivity index (χ3v) is 2.40. The van der Waals surface area contributed by atoms with Gasteiger partial charge in [0, 0.05) is 6.04 Å². The summed E-state index contributed by atoms with van der Waals surface area (Å²) in [4.78, 5) is 0. The Hall–Kier alpha value is -1.08. The molecule has 1 nitrogen and oxygen atoms in total. The van der Waals surface area contributed by atoms with Crippen molar-refractivity contribution in [2.24, 2.45) is 5.73 Å². The second kappa shape index (κ2) is 4.97. The first-order valence-electron chi connectivity index (χ1n) is 5.13. The van der Waals surface area contributed by atoms with Crippen LogP contribution in [0.2, 0.25) is 0 Å². The zero-order valence-corrected chi connectivity index (χ0v) is 9.09. The minimum absolute atomic E-state index is 0.101. The maximum atomic E-state index is 6.11. The number of aryl methyl sites for hydroxylation is 1. The number of benzene rings is 1. The average Bonchev–Trinajstić information content (AvgIpc) is 2.16. The number of rotatable bonds is 4. The third kappa shape index (κ3) is 2.71. The van der Waals surface area contributed by atoms with Crippen LogP contribution in [0, 0.1) is 0 Å². The molecule has 0 aliphatic carbocycles. The Morgan fingerprint density at radius 3 is 2.64 bits per heavy atom. The summed E-state index contributed by atoms with van der Waals surface area (Å²) in [5.74, 6) is 0. The van der Waals surface area contributed by atoms with Crippen molar-refractivity contribution >= 4 is 0 Å². The second-order valence-corrected chi connectivity index (χ2v) is 3.82. The minimum Gasteiger partial charge on any atom is -0.324 e. The fourth-order valence-corrected chi connectivity index (χ4v) is 1.70. The van der Waals surface area contributed by atoms with Gasteiger partial charge in [-0.3, -0.25) is 0 Å². The van der Waals surface area contributed by atoms with Gasteiger partial charge in [0.15, 0.2) is 0 Å². The first-order valence-corrected chi connectivity index (χ1v) is 5.13. The van der Waals surface area contributed by atoms with E-state index in [0.29, 0.717) is 0 Å². The van der Waals surface area contributed by atoms with Crippen LogP contribution in [0.4, 0.5) is 0 Å². The van der Waals surface area contributed by atoms with Crippen molar-refractivity contribution in [1.29, 1.82) is 0 Å². The van der Waals surface area contributed by atoms with Gasteiger partial charge in [-0.1, -0.05) is 36.8 Å². The number of hydrogen-bond donors (Lipinski definition) is 1. The summed E-state index contributed by atoms with van der Waals surface area (Å²) < 4.78 is 0. The Morgan fingerprint density at radius 2 is 2.07 bits per heavy atom. The maximum absolute atomic E-state index is 6.11. The van der Waals surface area contributed by atoms with Gasteiger partial charge in [0.05, 0.1) is 0 Å². The van der Waals surface area contributed by atoms with Crippen LogP contribution in [-0.4, -0.2) is 0 Å². The Balaban J connectivity index is 2.87. The van der Waals surface area contributed by atoms with Gasteiger partial charge in [-0.05, 0) is 30.9 Å². The minimum atomic E-state index is 0.101. The molecule has 0 aromatic heterocycles. The molecule has 0 aliphatic rings. The third-order valence-electron chi connectivity index (χ3n) is 2.40. The molecule has 1 unspecified atom stereocenters. The molecule has 0 saturated carbocycles. The summed E-state index contributed by atoms with van der Waals surface area (Å²) in [6.07, 6.45) is 1.91. The van der Waals surface area contributed by atoms with Crippen LogP contribution in [0.15, 0.2) is 36.4 Å². The zero-order valence-electron chi connectivity index (χ0n) is 9.09. The molecule has 0 radical (unpaired) electrons. The summed E-state index contributed by atoms with van der Waals surface area (Å²) in [7, 11) is 0. The first kappa shape index (κ1) is 11.0. The molecule has 1 atom stereocenters. The van der Waals surface area contributed by atoms with E-state index >= 15 is 0 Å². The molecule has 1 aromatic rings. The largest absolute Gasteiger partial charge is 0.324 e.